The lowest BCUT2D eigenvalue weighted by atomic mass is 10.1. The molecule has 29 heavy (non-hydrogen) atoms. The van der Waals surface area contributed by atoms with Crippen LogP contribution in [-0.2, 0) is 17.8 Å². The van der Waals surface area contributed by atoms with Gasteiger partial charge in [-0.2, -0.15) is 0 Å². The van der Waals surface area contributed by atoms with E-state index in [4.69, 9.17) is 9.73 Å². The third kappa shape index (κ3) is 8.38. The third-order valence-electron chi connectivity index (χ3n) is 4.84. The van der Waals surface area contributed by atoms with Gasteiger partial charge < -0.3 is 24.8 Å². The molecule has 1 amide bonds. The quantitative estimate of drug-likeness (QED) is 0.343. The number of ether oxygens (including phenoxy) is 1. The molecule has 1 aromatic carbocycles. The number of carbonyl (C=O) groups excluding carboxylic acids is 1. The normalized spacial score (nSPS) is 14.6. The van der Waals surface area contributed by atoms with E-state index in [1.807, 2.05) is 6.92 Å². The van der Waals surface area contributed by atoms with Crippen LogP contribution in [-0.4, -0.2) is 79.7 Å². The predicted octanol–water partition coefficient (Wildman–Crippen LogP) is 3.00. The summed E-state index contributed by atoms with van der Waals surface area (Å²) < 4.78 is 5.10. The highest BCUT2D eigenvalue weighted by Gasteiger charge is 2.23. The molecule has 0 unspecified atom stereocenters. The van der Waals surface area contributed by atoms with Crippen LogP contribution in [0.2, 0.25) is 0 Å². The molecule has 7 nitrogen and oxygen atoms in total. The van der Waals surface area contributed by atoms with Crippen LogP contribution in [0.4, 0.5) is 4.79 Å². The van der Waals surface area contributed by atoms with Crippen molar-refractivity contribution in [2.24, 2.45) is 4.99 Å². The van der Waals surface area contributed by atoms with Gasteiger partial charge in [-0.1, -0.05) is 31.2 Å². The minimum Gasteiger partial charge on any atom is -0.450 e. The second-order valence-corrected chi connectivity index (χ2v) is 6.99. The SMILES string of the molecule is CCNC(=NCc1cccc(CN(C)CC)c1)N1CCN(C(=O)OCC)CC1.I. The Labute approximate surface area is 192 Å². The molecule has 1 aromatic rings. The molecule has 2 rings (SSSR count). The lowest BCUT2D eigenvalue weighted by Crippen LogP contribution is -2.53. The highest BCUT2D eigenvalue weighted by molar-refractivity contribution is 14.0. The average Bonchev–Trinajstić information content (AvgIpc) is 2.71. The summed E-state index contributed by atoms with van der Waals surface area (Å²) in [5.74, 6) is 0.905. The number of piperazine rings is 1. The standard InChI is InChI=1S/C21H35N5O2.HI/c1-5-22-20(25-11-13-26(14-12-25)21(27)28-7-3)23-16-18-9-8-10-19(15-18)17-24(4)6-2;/h8-10,15H,5-7,11-14,16-17H2,1-4H3,(H,22,23);1H. The second-order valence-electron chi connectivity index (χ2n) is 6.99. The number of aliphatic imine (C=N–C) groups is 1. The average molecular weight is 517 g/mol. The Bertz CT molecular complexity index is 648. The lowest BCUT2D eigenvalue weighted by Gasteiger charge is -2.35. The van der Waals surface area contributed by atoms with Gasteiger partial charge in [-0.25, -0.2) is 9.79 Å². The number of carbonyl (C=O) groups is 1. The maximum Gasteiger partial charge on any atom is 0.409 e. The lowest BCUT2D eigenvalue weighted by molar-refractivity contribution is 0.0914. The van der Waals surface area contributed by atoms with E-state index in [9.17, 15) is 4.79 Å². The summed E-state index contributed by atoms with van der Waals surface area (Å²) in [6, 6.07) is 8.63. The molecular weight excluding hydrogens is 481 g/mol. The molecule has 0 radical (unpaired) electrons. The summed E-state index contributed by atoms with van der Waals surface area (Å²) in [4.78, 5) is 23.0. The molecule has 0 spiro atoms. The van der Waals surface area contributed by atoms with Gasteiger partial charge >= 0.3 is 6.09 Å². The third-order valence-corrected chi connectivity index (χ3v) is 4.84. The van der Waals surface area contributed by atoms with Gasteiger partial charge in [0.25, 0.3) is 0 Å². The first-order valence-electron chi connectivity index (χ1n) is 10.3. The van der Waals surface area contributed by atoms with Crippen LogP contribution < -0.4 is 5.32 Å². The van der Waals surface area contributed by atoms with Gasteiger partial charge in [-0.15, -0.1) is 24.0 Å². The van der Waals surface area contributed by atoms with Crippen molar-refractivity contribution in [2.45, 2.75) is 33.9 Å². The van der Waals surface area contributed by atoms with Gasteiger partial charge in [0.15, 0.2) is 5.96 Å². The van der Waals surface area contributed by atoms with E-state index in [1.54, 1.807) is 4.90 Å². The number of rotatable bonds is 7. The van der Waals surface area contributed by atoms with Crippen LogP contribution in [0, 0.1) is 0 Å². The fraction of sp³-hybridized carbons (Fsp3) is 0.619. The topological polar surface area (TPSA) is 60.4 Å². The number of halogens is 1. The molecule has 0 aromatic heterocycles. The highest BCUT2D eigenvalue weighted by Crippen LogP contribution is 2.10. The summed E-state index contributed by atoms with van der Waals surface area (Å²) in [6.45, 7) is 12.7. The van der Waals surface area contributed by atoms with Gasteiger partial charge in [-0.3, -0.25) is 0 Å². The Hall–Kier alpha value is -1.55. The zero-order valence-corrected chi connectivity index (χ0v) is 20.5. The number of nitrogens with zero attached hydrogens (tertiary/aromatic N) is 4. The molecule has 1 fully saturated rings. The molecule has 1 aliphatic rings. The Morgan fingerprint density at radius 2 is 1.79 bits per heavy atom. The van der Waals surface area contributed by atoms with Gasteiger partial charge in [0.05, 0.1) is 13.2 Å². The van der Waals surface area contributed by atoms with Crippen molar-refractivity contribution in [3.8, 4) is 0 Å². The predicted molar refractivity (Wildman–Crippen MR) is 129 cm³/mol. The van der Waals surface area contributed by atoms with Crippen LogP contribution >= 0.6 is 24.0 Å². The van der Waals surface area contributed by atoms with Crippen LogP contribution in [0.5, 0.6) is 0 Å². The fourth-order valence-electron chi connectivity index (χ4n) is 3.16. The van der Waals surface area contributed by atoms with Crippen molar-refractivity contribution in [1.82, 2.24) is 20.0 Å². The van der Waals surface area contributed by atoms with Crippen LogP contribution in [0.15, 0.2) is 29.3 Å². The molecule has 1 heterocycles. The van der Waals surface area contributed by atoms with Gasteiger partial charge in [-0.05, 0) is 38.6 Å². The van der Waals surface area contributed by atoms with E-state index in [-0.39, 0.29) is 30.1 Å². The minimum absolute atomic E-state index is 0. The van der Waals surface area contributed by atoms with Gasteiger partial charge in [0.1, 0.15) is 0 Å². The number of nitrogens with one attached hydrogen (secondary N) is 1. The molecule has 164 valence electrons. The van der Waals surface area contributed by atoms with E-state index >= 15 is 0 Å². The minimum atomic E-state index is -0.224. The molecule has 0 bridgehead atoms. The van der Waals surface area contributed by atoms with E-state index in [2.05, 4.69) is 60.3 Å². The summed E-state index contributed by atoms with van der Waals surface area (Å²) in [5, 5.41) is 3.38. The zero-order valence-electron chi connectivity index (χ0n) is 18.2. The molecule has 1 saturated heterocycles. The molecule has 1 N–H and O–H groups in total. The highest BCUT2D eigenvalue weighted by atomic mass is 127. The van der Waals surface area contributed by atoms with Crippen LogP contribution in [0.3, 0.4) is 0 Å². The molecule has 0 aliphatic carbocycles. The van der Waals surface area contributed by atoms with Crippen LogP contribution in [0.25, 0.3) is 0 Å². The Morgan fingerprint density at radius 1 is 1.14 bits per heavy atom. The second kappa shape index (κ2) is 13.6. The maximum absolute atomic E-state index is 11.9. The first-order chi connectivity index (χ1) is 13.6. The van der Waals surface area contributed by atoms with Crippen molar-refractivity contribution in [1.29, 1.82) is 0 Å². The first-order valence-corrected chi connectivity index (χ1v) is 10.3. The summed E-state index contributed by atoms with van der Waals surface area (Å²) in [7, 11) is 2.13. The molecule has 0 atom stereocenters. The molecule has 1 aliphatic heterocycles. The Kier molecular flexibility index (Phi) is 12.0. The summed E-state index contributed by atoms with van der Waals surface area (Å²) in [5.41, 5.74) is 2.52. The van der Waals surface area contributed by atoms with E-state index in [1.165, 1.54) is 11.1 Å². The van der Waals surface area contributed by atoms with Crippen LogP contribution in [0.1, 0.15) is 31.9 Å². The number of hydrogen-bond donors (Lipinski definition) is 1. The van der Waals surface area contributed by atoms with Crippen molar-refractivity contribution < 1.29 is 9.53 Å². The molecule has 8 heteroatoms. The molecule has 0 saturated carbocycles. The summed E-state index contributed by atoms with van der Waals surface area (Å²) >= 11 is 0. The number of amides is 1. The van der Waals surface area contributed by atoms with Crippen molar-refractivity contribution in [2.75, 3.05) is 52.9 Å². The zero-order chi connectivity index (χ0) is 20.4. The van der Waals surface area contributed by atoms with E-state index < -0.39 is 0 Å². The maximum atomic E-state index is 11.9. The Balaban J connectivity index is 0.00000420. The van der Waals surface area contributed by atoms with Gasteiger partial charge in [0, 0.05) is 39.3 Å². The van der Waals surface area contributed by atoms with Crippen molar-refractivity contribution >= 4 is 36.0 Å². The fourth-order valence-corrected chi connectivity index (χ4v) is 3.16. The van der Waals surface area contributed by atoms with Crippen molar-refractivity contribution in [3.05, 3.63) is 35.4 Å². The Morgan fingerprint density at radius 3 is 2.41 bits per heavy atom. The monoisotopic (exact) mass is 517 g/mol. The van der Waals surface area contributed by atoms with E-state index in [0.29, 0.717) is 26.2 Å². The number of benzene rings is 1. The number of guanidine groups is 1. The summed E-state index contributed by atoms with van der Waals surface area (Å²) in [6.07, 6.45) is -0.224. The first kappa shape index (κ1) is 25.5. The van der Waals surface area contributed by atoms with Crippen molar-refractivity contribution in [3.63, 3.8) is 0 Å². The smallest absolute Gasteiger partial charge is 0.409 e. The van der Waals surface area contributed by atoms with Gasteiger partial charge in [0.2, 0.25) is 0 Å². The number of hydrogen-bond acceptors (Lipinski definition) is 4. The van der Waals surface area contributed by atoms with E-state index in [0.717, 1.165) is 38.7 Å². The largest absolute Gasteiger partial charge is 0.450 e. The molecular formula is C21H36IN5O2.